The van der Waals surface area contributed by atoms with Crippen molar-refractivity contribution < 1.29 is 18.3 Å². The standard InChI is InChI=1S/C15H13ClF2N2O2/c1-22-14-3-2-11(7-13(14)16)20-15(21)8-19-12-5-9(17)4-10(18)6-12/h2-7,19H,8H2,1H3,(H,20,21). The van der Waals surface area contributed by atoms with E-state index in [9.17, 15) is 13.6 Å². The molecule has 0 atom stereocenters. The van der Waals surface area contributed by atoms with Crippen molar-refractivity contribution >= 4 is 28.9 Å². The van der Waals surface area contributed by atoms with Crippen LogP contribution >= 0.6 is 11.6 Å². The average Bonchev–Trinajstić information content (AvgIpc) is 2.44. The first-order chi connectivity index (χ1) is 10.5. The van der Waals surface area contributed by atoms with Crippen molar-refractivity contribution in [1.29, 1.82) is 0 Å². The van der Waals surface area contributed by atoms with Gasteiger partial charge in [-0.2, -0.15) is 0 Å². The lowest BCUT2D eigenvalue weighted by Crippen LogP contribution is -2.21. The Kier molecular flexibility index (Phi) is 5.16. The Morgan fingerprint density at radius 1 is 1.14 bits per heavy atom. The second-order valence-corrected chi connectivity index (χ2v) is 4.82. The Balaban J connectivity index is 1.94. The Hall–Kier alpha value is -2.34. The number of ether oxygens (including phenoxy) is 1. The summed E-state index contributed by atoms with van der Waals surface area (Å²) in [6.45, 7) is -0.146. The molecule has 0 unspecified atom stereocenters. The largest absolute Gasteiger partial charge is 0.495 e. The second-order valence-electron chi connectivity index (χ2n) is 4.41. The number of carbonyl (C=O) groups is 1. The summed E-state index contributed by atoms with van der Waals surface area (Å²) in [5.74, 6) is -1.33. The number of hydrogen-bond donors (Lipinski definition) is 2. The molecule has 0 aliphatic heterocycles. The van der Waals surface area contributed by atoms with Gasteiger partial charge in [-0.3, -0.25) is 4.79 Å². The summed E-state index contributed by atoms with van der Waals surface area (Å²) in [5.41, 5.74) is 0.670. The van der Waals surface area contributed by atoms with Crippen LogP contribution in [0.5, 0.6) is 5.75 Å². The highest BCUT2D eigenvalue weighted by Crippen LogP contribution is 2.27. The predicted octanol–water partition coefficient (Wildman–Crippen LogP) is 3.68. The van der Waals surface area contributed by atoms with Gasteiger partial charge in [-0.15, -0.1) is 0 Å². The van der Waals surface area contributed by atoms with Crippen LogP contribution in [0.2, 0.25) is 5.02 Å². The minimum absolute atomic E-state index is 0.146. The number of anilines is 2. The van der Waals surface area contributed by atoms with Gasteiger partial charge in [0.25, 0.3) is 0 Å². The quantitative estimate of drug-likeness (QED) is 0.881. The van der Waals surface area contributed by atoms with Crippen LogP contribution in [-0.2, 0) is 4.79 Å². The summed E-state index contributed by atoms with van der Waals surface area (Å²) in [5, 5.41) is 5.60. The minimum atomic E-state index is -0.718. The van der Waals surface area contributed by atoms with Crippen molar-refractivity contribution in [2.75, 3.05) is 24.3 Å². The van der Waals surface area contributed by atoms with Crippen LogP contribution < -0.4 is 15.4 Å². The van der Waals surface area contributed by atoms with Crippen molar-refractivity contribution in [3.63, 3.8) is 0 Å². The van der Waals surface area contributed by atoms with E-state index in [2.05, 4.69) is 10.6 Å². The maximum Gasteiger partial charge on any atom is 0.243 e. The number of halogens is 3. The molecule has 0 aliphatic rings. The molecule has 2 aromatic carbocycles. The van der Waals surface area contributed by atoms with Crippen LogP contribution in [0, 0.1) is 11.6 Å². The Morgan fingerprint density at radius 2 is 1.82 bits per heavy atom. The fourth-order valence-electron chi connectivity index (χ4n) is 1.79. The summed E-state index contributed by atoms with van der Waals surface area (Å²) in [4.78, 5) is 11.8. The summed E-state index contributed by atoms with van der Waals surface area (Å²) < 4.78 is 31.0. The van der Waals surface area contributed by atoms with Gasteiger partial charge in [-0.1, -0.05) is 11.6 Å². The molecule has 0 radical (unpaired) electrons. The molecule has 7 heteroatoms. The lowest BCUT2D eigenvalue weighted by atomic mass is 10.3. The molecule has 0 spiro atoms. The van der Waals surface area contributed by atoms with Crippen molar-refractivity contribution in [1.82, 2.24) is 0 Å². The van der Waals surface area contributed by atoms with E-state index in [1.165, 1.54) is 7.11 Å². The van der Waals surface area contributed by atoms with Crippen LogP contribution in [0.4, 0.5) is 20.2 Å². The smallest absolute Gasteiger partial charge is 0.243 e. The van der Waals surface area contributed by atoms with Crippen LogP contribution in [0.3, 0.4) is 0 Å². The number of carbonyl (C=O) groups excluding carboxylic acids is 1. The highest BCUT2D eigenvalue weighted by atomic mass is 35.5. The van der Waals surface area contributed by atoms with Gasteiger partial charge in [0.2, 0.25) is 5.91 Å². The maximum atomic E-state index is 13.0. The molecule has 0 bridgehead atoms. The molecular weight excluding hydrogens is 314 g/mol. The number of benzene rings is 2. The van der Waals surface area contributed by atoms with E-state index in [4.69, 9.17) is 16.3 Å². The first kappa shape index (κ1) is 16.0. The molecule has 0 saturated carbocycles. The molecule has 22 heavy (non-hydrogen) atoms. The molecule has 4 nitrogen and oxygen atoms in total. The number of rotatable bonds is 5. The zero-order chi connectivity index (χ0) is 16.1. The van der Waals surface area contributed by atoms with Gasteiger partial charge in [0.05, 0.1) is 18.7 Å². The number of amides is 1. The van der Waals surface area contributed by atoms with Crippen molar-refractivity contribution in [3.05, 3.63) is 53.1 Å². The van der Waals surface area contributed by atoms with E-state index in [0.29, 0.717) is 16.5 Å². The van der Waals surface area contributed by atoms with E-state index < -0.39 is 11.6 Å². The van der Waals surface area contributed by atoms with Crippen molar-refractivity contribution in [2.24, 2.45) is 0 Å². The molecule has 0 heterocycles. The Labute approximate surface area is 131 Å². The topological polar surface area (TPSA) is 50.4 Å². The van der Waals surface area contributed by atoms with Crippen molar-refractivity contribution in [3.8, 4) is 5.75 Å². The molecule has 0 fully saturated rings. The molecular formula is C15H13ClF2N2O2. The Morgan fingerprint density at radius 3 is 2.41 bits per heavy atom. The van der Waals surface area contributed by atoms with Crippen molar-refractivity contribution in [2.45, 2.75) is 0 Å². The molecule has 2 aromatic rings. The highest BCUT2D eigenvalue weighted by molar-refractivity contribution is 6.32. The molecule has 0 aliphatic carbocycles. The normalized spacial score (nSPS) is 10.2. The molecule has 1 amide bonds. The number of methoxy groups -OCH3 is 1. The fraction of sp³-hybridized carbons (Fsp3) is 0.133. The summed E-state index contributed by atoms with van der Waals surface area (Å²) in [6.07, 6.45) is 0. The molecule has 0 aromatic heterocycles. The van der Waals surface area contributed by atoms with E-state index in [1.54, 1.807) is 18.2 Å². The van der Waals surface area contributed by atoms with Gasteiger partial charge in [0.1, 0.15) is 17.4 Å². The molecule has 2 N–H and O–H groups in total. The maximum absolute atomic E-state index is 13.0. The minimum Gasteiger partial charge on any atom is -0.495 e. The third-order valence-electron chi connectivity index (χ3n) is 2.75. The van der Waals surface area contributed by atoms with Crippen LogP contribution in [-0.4, -0.2) is 19.6 Å². The van der Waals surface area contributed by atoms with Gasteiger partial charge in [-0.05, 0) is 30.3 Å². The van der Waals surface area contributed by atoms with Crippen LogP contribution in [0.15, 0.2) is 36.4 Å². The first-order valence-corrected chi connectivity index (χ1v) is 6.69. The third kappa shape index (κ3) is 4.33. The van der Waals surface area contributed by atoms with Gasteiger partial charge >= 0.3 is 0 Å². The van der Waals surface area contributed by atoms with Crippen LogP contribution in [0.25, 0.3) is 0 Å². The van der Waals surface area contributed by atoms with E-state index in [0.717, 1.165) is 18.2 Å². The predicted molar refractivity (Wildman–Crippen MR) is 81.5 cm³/mol. The van der Waals surface area contributed by atoms with E-state index >= 15 is 0 Å². The Bertz CT molecular complexity index is 675. The van der Waals surface area contributed by atoms with E-state index in [-0.39, 0.29) is 18.1 Å². The number of nitrogens with one attached hydrogen (secondary N) is 2. The first-order valence-electron chi connectivity index (χ1n) is 6.31. The van der Waals surface area contributed by atoms with Gasteiger partial charge in [0.15, 0.2) is 0 Å². The average molecular weight is 327 g/mol. The summed E-state index contributed by atoms with van der Waals surface area (Å²) in [6, 6.07) is 7.74. The monoisotopic (exact) mass is 326 g/mol. The molecule has 2 rings (SSSR count). The van der Waals surface area contributed by atoms with E-state index in [1.807, 2.05) is 0 Å². The fourth-order valence-corrected chi connectivity index (χ4v) is 2.05. The molecule has 116 valence electrons. The SMILES string of the molecule is COc1ccc(NC(=O)CNc2cc(F)cc(F)c2)cc1Cl. The lowest BCUT2D eigenvalue weighted by molar-refractivity contribution is -0.114. The summed E-state index contributed by atoms with van der Waals surface area (Å²) >= 11 is 5.95. The lowest BCUT2D eigenvalue weighted by Gasteiger charge is -2.09. The zero-order valence-electron chi connectivity index (χ0n) is 11.6. The summed E-state index contributed by atoms with van der Waals surface area (Å²) in [7, 11) is 1.49. The number of hydrogen-bond acceptors (Lipinski definition) is 3. The van der Waals surface area contributed by atoms with Gasteiger partial charge in [-0.25, -0.2) is 8.78 Å². The molecule has 0 saturated heterocycles. The highest BCUT2D eigenvalue weighted by Gasteiger charge is 2.07. The van der Waals surface area contributed by atoms with Crippen LogP contribution in [0.1, 0.15) is 0 Å². The second kappa shape index (κ2) is 7.09. The van der Waals surface area contributed by atoms with Gasteiger partial charge < -0.3 is 15.4 Å². The third-order valence-corrected chi connectivity index (χ3v) is 3.05. The van der Waals surface area contributed by atoms with Gasteiger partial charge in [0, 0.05) is 17.4 Å². The zero-order valence-corrected chi connectivity index (χ0v) is 12.4.